The molecule has 0 spiro atoms. The van der Waals surface area contributed by atoms with Crippen LogP contribution in [0.2, 0.25) is 0 Å². The van der Waals surface area contributed by atoms with Gasteiger partial charge in [-0.3, -0.25) is 24.6 Å². The lowest BCUT2D eigenvalue weighted by molar-refractivity contribution is -0.384. The van der Waals surface area contributed by atoms with Gasteiger partial charge in [-0.15, -0.1) is 37.2 Å². The van der Waals surface area contributed by atoms with Gasteiger partial charge in [-0.05, 0) is 63.4 Å². The molecule has 0 bridgehead atoms. The number of imide groups is 1. The van der Waals surface area contributed by atoms with Gasteiger partial charge >= 0.3 is 0 Å². The van der Waals surface area contributed by atoms with Crippen LogP contribution >= 0.6 is 37.2 Å². The highest BCUT2D eigenvalue weighted by Gasteiger charge is 2.33. The van der Waals surface area contributed by atoms with E-state index in [0.717, 1.165) is 32.5 Å². The number of amides is 2. The van der Waals surface area contributed by atoms with Gasteiger partial charge in [-0.2, -0.15) is 0 Å². The molecule has 0 saturated heterocycles. The van der Waals surface area contributed by atoms with Gasteiger partial charge in [0.05, 0.1) is 10.5 Å². The Labute approximate surface area is 211 Å². The van der Waals surface area contributed by atoms with Gasteiger partial charge < -0.3 is 16.4 Å². The molecular weight excluding hydrogens is 493 g/mol. The van der Waals surface area contributed by atoms with Crippen molar-refractivity contribution in [2.75, 3.05) is 39.3 Å². The summed E-state index contributed by atoms with van der Waals surface area (Å²) in [4.78, 5) is 37.7. The van der Waals surface area contributed by atoms with E-state index >= 15 is 0 Å². The number of carbonyl (C=O) groups excluding carboxylic acids is 2. The van der Waals surface area contributed by atoms with Crippen LogP contribution in [-0.4, -0.2) is 60.9 Å². The second kappa shape index (κ2) is 15.0. The largest absolute Gasteiger partial charge is 0.330 e. The van der Waals surface area contributed by atoms with E-state index < -0.39 is 10.8 Å². The molecule has 184 valence electrons. The Morgan fingerprint density at radius 1 is 0.879 bits per heavy atom. The third-order valence-electron chi connectivity index (χ3n) is 5.12. The molecule has 0 aromatic heterocycles. The van der Waals surface area contributed by atoms with E-state index in [1.54, 1.807) is 18.2 Å². The monoisotopic (exact) mass is 521 g/mol. The van der Waals surface area contributed by atoms with Gasteiger partial charge in [0.2, 0.25) is 0 Å². The summed E-state index contributed by atoms with van der Waals surface area (Å²) in [5.41, 5.74) is 5.91. The van der Waals surface area contributed by atoms with Crippen molar-refractivity contribution in [3.8, 4) is 0 Å². The van der Waals surface area contributed by atoms with Crippen LogP contribution in [0.5, 0.6) is 0 Å². The zero-order chi connectivity index (χ0) is 21.5. The molecule has 1 aliphatic rings. The molecule has 12 heteroatoms. The summed E-state index contributed by atoms with van der Waals surface area (Å²) < 4.78 is 0. The smallest absolute Gasteiger partial charge is 0.270 e. The fraction of sp³-hybridized carbons (Fsp3) is 0.429. The fourth-order valence-corrected chi connectivity index (χ4v) is 3.63. The summed E-state index contributed by atoms with van der Waals surface area (Å²) >= 11 is 0. The number of hydrogen-bond donors (Lipinski definition) is 3. The maximum atomic E-state index is 12.9. The Kier molecular flexibility index (Phi) is 14.1. The second-order valence-corrected chi connectivity index (χ2v) is 7.27. The van der Waals surface area contributed by atoms with E-state index in [0.29, 0.717) is 35.8 Å². The Hall–Kier alpha value is -2.01. The van der Waals surface area contributed by atoms with Crippen LogP contribution in [0.25, 0.3) is 10.8 Å². The van der Waals surface area contributed by atoms with Gasteiger partial charge in [0.15, 0.2) is 0 Å². The van der Waals surface area contributed by atoms with Crippen LogP contribution < -0.4 is 16.4 Å². The lowest BCUT2D eigenvalue weighted by Gasteiger charge is -2.27. The third kappa shape index (κ3) is 7.49. The van der Waals surface area contributed by atoms with E-state index in [-0.39, 0.29) is 60.9 Å². The number of nitro groups is 1. The maximum absolute atomic E-state index is 12.9. The van der Waals surface area contributed by atoms with E-state index in [1.165, 1.54) is 17.0 Å². The molecule has 9 nitrogen and oxygen atoms in total. The van der Waals surface area contributed by atoms with E-state index in [9.17, 15) is 19.7 Å². The highest BCUT2D eigenvalue weighted by atomic mass is 35.5. The van der Waals surface area contributed by atoms with Gasteiger partial charge in [0.1, 0.15) is 0 Å². The highest BCUT2D eigenvalue weighted by molar-refractivity contribution is 6.25. The molecule has 2 aromatic rings. The standard InChI is InChI=1S/C21H27N5O4.3ClH/c22-7-2-8-23-9-3-10-24-11-4-12-25-20(27)17-6-1-5-15-13-16(26(29)30)14-18(19(15)17)21(25)28;;;/h1,5-6,13-14,23-24H,2-4,7-12,22H2;3*1H. The first kappa shape index (κ1) is 31.0. The molecule has 3 rings (SSSR count). The normalized spacial score (nSPS) is 12.1. The minimum Gasteiger partial charge on any atom is -0.330 e. The molecule has 2 amide bonds. The number of nitrogens with two attached hydrogens (primary N) is 1. The Balaban J connectivity index is 0.00000341. The van der Waals surface area contributed by atoms with Crippen molar-refractivity contribution in [3.05, 3.63) is 51.6 Å². The second-order valence-electron chi connectivity index (χ2n) is 7.27. The molecule has 0 saturated carbocycles. The SMILES string of the molecule is Cl.Cl.Cl.NCCCNCCCNCCCN1C(=O)c2cccc3cc([N+](=O)[O-])cc(c23)C1=O. The summed E-state index contributed by atoms with van der Waals surface area (Å²) in [6, 6.07) is 7.69. The first-order valence-electron chi connectivity index (χ1n) is 10.2. The lowest BCUT2D eigenvalue weighted by atomic mass is 9.93. The van der Waals surface area contributed by atoms with Crippen LogP contribution in [0.1, 0.15) is 40.0 Å². The molecule has 1 aliphatic heterocycles. The first-order valence-corrected chi connectivity index (χ1v) is 10.2. The predicted molar refractivity (Wildman–Crippen MR) is 136 cm³/mol. The molecule has 33 heavy (non-hydrogen) atoms. The average Bonchev–Trinajstić information content (AvgIpc) is 2.74. The average molecular weight is 523 g/mol. The van der Waals surface area contributed by atoms with Crippen LogP contribution in [0, 0.1) is 10.1 Å². The molecule has 0 atom stereocenters. The van der Waals surface area contributed by atoms with Crippen LogP contribution in [0.3, 0.4) is 0 Å². The number of halogens is 3. The quantitative estimate of drug-likeness (QED) is 0.169. The number of hydrogen-bond acceptors (Lipinski definition) is 7. The molecule has 2 aromatic carbocycles. The zero-order valence-electron chi connectivity index (χ0n) is 18.1. The number of nitro benzene ring substituents is 1. The summed E-state index contributed by atoms with van der Waals surface area (Å²) in [6.07, 6.45) is 2.55. The van der Waals surface area contributed by atoms with Gasteiger partial charge in [-0.1, -0.05) is 12.1 Å². The number of carbonyl (C=O) groups is 2. The van der Waals surface area contributed by atoms with Crippen molar-refractivity contribution in [2.45, 2.75) is 19.3 Å². The predicted octanol–water partition coefficient (Wildman–Crippen LogP) is 2.92. The van der Waals surface area contributed by atoms with Crippen molar-refractivity contribution >= 4 is 65.5 Å². The van der Waals surface area contributed by atoms with Gasteiger partial charge in [0, 0.05) is 29.6 Å². The number of nitrogens with zero attached hydrogens (tertiary/aromatic N) is 2. The van der Waals surface area contributed by atoms with Crippen molar-refractivity contribution in [2.24, 2.45) is 5.73 Å². The summed E-state index contributed by atoms with van der Waals surface area (Å²) in [7, 11) is 0. The molecule has 1 heterocycles. The molecule has 0 fully saturated rings. The molecular formula is C21H30Cl3N5O4. The Morgan fingerprint density at radius 3 is 2.12 bits per heavy atom. The summed E-state index contributed by atoms with van der Waals surface area (Å²) in [5, 5.41) is 18.9. The lowest BCUT2D eigenvalue weighted by Crippen LogP contribution is -2.41. The van der Waals surface area contributed by atoms with Crippen molar-refractivity contribution in [1.82, 2.24) is 15.5 Å². The maximum Gasteiger partial charge on any atom is 0.270 e. The number of rotatable bonds is 12. The zero-order valence-corrected chi connectivity index (χ0v) is 20.5. The Morgan fingerprint density at radius 2 is 1.48 bits per heavy atom. The first-order chi connectivity index (χ1) is 14.5. The van der Waals surface area contributed by atoms with Crippen molar-refractivity contribution in [3.63, 3.8) is 0 Å². The fourth-order valence-electron chi connectivity index (χ4n) is 3.63. The Bertz CT molecular complexity index is 961. The minimum absolute atomic E-state index is 0. The van der Waals surface area contributed by atoms with Gasteiger partial charge in [0.25, 0.3) is 17.5 Å². The number of nitrogens with one attached hydrogen (secondary N) is 2. The topological polar surface area (TPSA) is 131 Å². The summed E-state index contributed by atoms with van der Waals surface area (Å²) in [6.45, 7) is 4.29. The minimum atomic E-state index is -0.522. The van der Waals surface area contributed by atoms with Gasteiger partial charge in [-0.25, -0.2) is 0 Å². The highest BCUT2D eigenvalue weighted by Crippen LogP contribution is 2.33. The number of benzene rings is 2. The van der Waals surface area contributed by atoms with E-state index in [4.69, 9.17) is 5.73 Å². The van der Waals surface area contributed by atoms with E-state index in [2.05, 4.69) is 10.6 Å². The van der Waals surface area contributed by atoms with Crippen molar-refractivity contribution < 1.29 is 14.5 Å². The molecule has 0 aliphatic carbocycles. The molecule has 0 radical (unpaired) electrons. The van der Waals surface area contributed by atoms with Crippen LogP contribution in [0.15, 0.2) is 30.3 Å². The van der Waals surface area contributed by atoms with E-state index in [1.807, 2.05) is 0 Å². The third-order valence-corrected chi connectivity index (χ3v) is 5.12. The number of non-ortho nitro benzene ring substituents is 1. The van der Waals surface area contributed by atoms with Crippen molar-refractivity contribution in [1.29, 1.82) is 0 Å². The molecule has 4 N–H and O–H groups in total. The summed E-state index contributed by atoms with van der Waals surface area (Å²) in [5.74, 6) is -0.826. The van der Waals surface area contributed by atoms with Crippen LogP contribution in [-0.2, 0) is 0 Å². The van der Waals surface area contributed by atoms with Crippen LogP contribution in [0.4, 0.5) is 5.69 Å². The molecule has 0 unspecified atom stereocenters.